The smallest absolute Gasteiger partial charge is 0.409 e. The molecule has 2 aromatic rings. The number of hydrogen-bond donors (Lipinski definition) is 1. The molecule has 0 heterocycles. The molecule has 0 saturated heterocycles. The maximum absolute atomic E-state index is 12.3. The fraction of sp³-hybridized carbons (Fsp3) is 0.235. The van der Waals surface area contributed by atoms with Gasteiger partial charge in [0, 0.05) is 11.2 Å². The number of carbonyl (C=O) groups excluding carboxylic acids is 1. The van der Waals surface area contributed by atoms with Gasteiger partial charge in [-0.3, -0.25) is 4.79 Å². The highest BCUT2D eigenvalue weighted by molar-refractivity contribution is 7.84. The third kappa shape index (κ3) is 6.00. The predicted molar refractivity (Wildman–Crippen MR) is 94.1 cm³/mol. The van der Waals surface area contributed by atoms with Crippen molar-refractivity contribution in [3.05, 3.63) is 65.7 Å². The summed E-state index contributed by atoms with van der Waals surface area (Å²) in [6.45, 7) is -0.139. The lowest BCUT2D eigenvalue weighted by Gasteiger charge is -2.18. The second kappa shape index (κ2) is 8.34. The molecule has 7 heteroatoms. The summed E-state index contributed by atoms with van der Waals surface area (Å²) in [6.07, 6.45) is 0. The van der Waals surface area contributed by atoms with Crippen LogP contribution < -0.4 is 9.61 Å². The Morgan fingerprint density at radius 1 is 1.17 bits per heavy atom. The quantitative estimate of drug-likeness (QED) is 0.579. The van der Waals surface area contributed by atoms with Crippen molar-refractivity contribution in [2.75, 3.05) is 0 Å². The van der Waals surface area contributed by atoms with Crippen molar-refractivity contribution in [3.8, 4) is 5.75 Å². The zero-order chi connectivity index (χ0) is 17.6. The molecule has 0 amide bonds. The summed E-state index contributed by atoms with van der Waals surface area (Å²) >= 11 is 5.88. The van der Waals surface area contributed by atoms with E-state index < -0.39 is 18.9 Å². The molecule has 2 atom stereocenters. The number of benzene rings is 2. The van der Waals surface area contributed by atoms with Crippen LogP contribution in [0, 0.1) is 6.92 Å². The maximum atomic E-state index is 12.3. The summed E-state index contributed by atoms with van der Waals surface area (Å²) in [5, 5.41) is 2.48. The van der Waals surface area contributed by atoms with Crippen LogP contribution in [0.1, 0.15) is 18.1 Å². The first-order valence-electron chi connectivity index (χ1n) is 7.40. The largest absolute Gasteiger partial charge is 0.460 e. The van der Waals surface area contributed by atoms with Gasteiger partial charge in [0.2, 0.25) is 0 Å². The molecule has 0 aliphatic heterocycles. The first kappa shape index (κ1) is 18.5. The molecule has 2 unspecified atom stereocenters. The molecule has 128 valence electrons. The molecule has 0 aliphatic rings. The number of carbonyl (C=O) groups is 1. The summed E-state index contributed by atoms with van der Waals surface area (Å²) in [5.41, 5.74) is 1.90. The highest BCUT2D eigenvalue weighted by atomic mass is 35.7. The molecule has 0 spiro atoms. The molecule has 0 fully saturated rings. The van der Waals surface area contributed by atoms with E-state index in [9.17, 15) is 9.36 Å². The normalized spacial score (nSPS) is 14.5. The Morgan fingerprint density at radius 3 is 2.42 bits per heavy atom. The van der Waals surface area contributed by atoms with Gasteiger partial charge in [0.05, 0.1) is 0 Å². The Morgan fingerprint density at radius 2 is 1.79 bits per heavy atom. The van der Waals surface area contributed by atoms with Crippen molar-refractivity contribution in [3.63, 3.8) is 0 Å². The summed E-state index contributed by atoms with van der Waals surface area (Å²) in [6, 6.07) is 15.3. The van der Waals surface area contributed by atoms with Crippen LogP contribution in [0.25, 0.3) is 0 Å². The Balaban J connectivity index is 1.87. The van der Waals surface area contributed by atoms with Gasteiger partial charge in [-0.25, -0.2) is 9.65 Å². The van der Waals surface area contributed by atoms with Crippen LogP contribution in [0.5, 0.6) is 5.75 Å². The number of aryl methyl sites for hydroxylation is 1. The van der Waals surface area contributed by atoms with Gasteiger partial charge in [-0.05, 0) is 31.5 Å². The third-order valence-electron chi connectivity index (χ3n) is 3.17. The Labute approximate surface area is 146 Å². The third-order valence-corrected chi connectivity index (χ3v) is 4.81. The summed E-state index contributed by atoms with van der Waals surface area (Å²) < 4.78 is 22.7. The molecule has 2 rings (SSSR count). The van der Waals surface area contributed by atoms with Crippen LogP contribution in [0.2, 0.25) is 0 Å². The van der Waals surface area contributed by atoms with Crippen LogP contribution in [-0.4, -0.2) is 12.0 Å². The van der Waals surface area contributed by atoms with Gasteiger partial charge in [-0.1, -0.05) is 48.0 Å². The van der Waals surface area contributed by atoms with Crippen molar-refractivity contribution in [2.24, 2.45) is 0 Å². The number of halogens is 1. The number of nitrogens with one attached hydrogen (secondary N) is 1. The van der Waals surface area contributed by atoms with Gasteiger partial charge in [0.15, 0.2) is 0 Å². The summed E-state index contributed by atoms with van der Waals surface area (Å²) in [4.78, 5) is 12.0. The molecule has 2 aromatic carbocycles. The van der Waals surface area contributed by atoms with E-state index >= 15 is 0 Å². The summed E-state index contributed by atoms with van der Waals surface area (Å²) in [5.74, 6) is -0.205. The van der Waals surface area contributed by atoms with E-state index in [0.717, 1.165) is 11.1 Å². The van der Waals surface area contributed by atoms with Crippen molar-refractivity contribution in [2.45, 2.75) is 26.5 Å². The lowest BCUT2D eigenvalue weighted by Crippen LogP contribution is -2.33. The minimum absolute atomic E-state index is 0.136. The van der Waals surface area contributed by atoms with Crippen molar-refractivity contribution >= 4 is 24.1 Å². The Kier molecular flexibility index (Phi) is 6.44. The van der Waals surface area contributed by atoms with Gasteiger partial charge >= 0.3 is 12.8 Å². The predicted octanol–water partition coefficient (Wildman–Crippen LogP) is 4.44. The average Bonchev–Trinajstić information content (AvgIpc) is 2.55. The molecule has 0 aliphatic carbocycles. The van der Waals surface area contributed by atoms with Crippen LogP contribution in [0.3, 0.4) is 0 Å². The lowest BCUT2D eigenvalue weighted by atomic mass is 10.2. The summed E-state index contributed by atoms with van der Waals surface area (Å²) in [7, 11) is 0. The van der Waals surface area contributed by atoms with Gasteiger partial charge in [-0.2, -0.15) is 0 Å². The van der Waals surface area contributed by atoms with E-state index in [1.165, 1.54) is 6.92 Å². The van der Waals surface area contributed by atoms with Crippen LogP contribution in [0.15, 0.2) is 54.6 Å². The number of hydrogen-bond acceptors (Lipinski definition) is 4. The van der Waals surface area contributed by atoms with E-state index in [-0.39, 0.29) is 6.61 Å². The van der Waals surface area contributed by atoms with Gasteiger partial charge in [0.1, 0.15) is 18.4 Å². The zero-order valence-corrected chi connectivity index (χ0v) is 15.1. The topological polar surface area (TPSA) is 64.6 Å². The first-order chi connectivity index (χ1) is 11.4. The minimum Gasteiger partial charge on any atom is -0.460 e. The average molecular weight is 368 g/mol. The van der Waals surface area contributed by atoms with E-state index in [2.05, 4.69) is 5.09 Å². The van der Waals surface area contributed by atoms with Crippen molar-refractivity contribution in [1.82, 2.24) is 5.09 Å². The fourth-order valence-electron chi connectivity index (χ4n) is 1.90. The molecular weight excluding hydrogens is 349 g/mol. The SMILES string of the molecule is Cc1ccc(OP(=O)(Cl)NC(C)C(=O)OCc2ccccc2)cc1. The van der Waals surface area contributed by atoms with Crippen molar-refractivity contribution < 1.29 is 18.6 Å². The number of esters is 1. The fourth-order valence-corrected chi connectivity index (χ4v) is 3.59. The van der Waals surface area contributed by atoms with Gasteiger partial charge in [0.25, 0.3) is 0 Å². The van der Waals surface area contributed by atoms with Gasteiger partial charge in [-0.15, -0.1) is 0 Å². The van der Waals surface area contributed by atoms with Crippen LogP contribution in [0.4, 0.5) is 0 Å². The molecule has 0 aromatic heterocycles. The molecule has 0 bridgehead atoms. The molecule has 1 N–H and O–H groups in total. The lowest BCUT2D eigenvalue weighted by molar-refractivity contribution is -0.146. The highest BCUT2D eigenvalue weighted by Gasteiger charge is 2.28. The van der Waals surface area contributed by atoms with Crippen molar-refractivity contribution in [1.29, 1.82) is 0 Å². The molecule has 0 saturated carbocycles. The highest BCUT2D eigenvalue weighted by Crippen LogP contribution is 2.48. The van der Waals surface area contributed by atoms with E-state index in [1.807, 2.05) is 49.4 Å². The van der Waals surface area contributed by atoms with Gasteiger partial charge < -0.3 is 9.26 Å². The monoisotopic (exact) mass is 367 g/mol. The molecule has 0 radical (unpaired) electrons. The molecule has 5 nitrogen and oxygen atoms in total. The van der Waals surface area contributed by atoms with E-state index in [4.69, 9.17) is 20.5 Å². The first-order valence-corrected chi connectivity index (χ1v) is 9.93. The Hall–Kier alpha value is -1.81. The van der Waals surface area contributed by atoms with E-state index in [0.29, 0.717) is 5.75 Å². The standard InChI is InChI=1S/C17H19ClNO4P/c1-13-8-10-16(11-9-13)23-24(18,21)19-14(2)17(20)22-12-15-6-4-3-5-7-15/h3-11,14H,12H2,1-2H3,(H,19,21). The van der Waals surface area contributed by atoms with Crippen LogP contribution >= 0.6 is 18.1 Å². The second-order valence-corrected chi connectivity index (χ2v) is 8.06. The molecule has 24 heavy (non-hydrogen) atoms. The molecular formula is C17H19ClNO4P. The Bertz CT molecular complexity index is 721. The zero-order valence-electron chi connectivity index (χ0n) is 13.4. The number of ether oxygens (including phenoxy) is 1. The second-order valence-electron chi connectivity index (χ2n) is 5.33. The minimum atomic E-state index is -3.71. The maximum Gasteiger partial charge on any atom is 0.409 e. The van der Waals surface area contributed by atoms with Crippen LogP contribution in [-0.2, 0) is 20.7 Å². The number of rotatable bonds is 7. The van der Waals surface area contributed by atoms with E-state index in [1.54, 1.807) is 12.1 Å².